The van der Waals surface area contributed by atoms with Gasteiger partial charge in [0.2, 0.25) is 0 Å². The third-order valence-electron chi connectivity index (χ3n) is 1.65. The molecule has 2 aromatic rings. The lowest BCUT2D eigenvalue weighted by atomic mass is 10.3. The molecule has 0 aliphatic heterocycles. The summed E-state index contributed by atoms with van der Waals surface area (Å²) in [7, 11) is 0. The second kappa shape index (κ2) is 3.11. The van der Waals surface area contributed by atoms with Crippen molar-refractivity contribution in [3.05, 3.63) is 30.5 Å². The lowest BCUT2D eigenvalue weighted by Crippen LogP contribution is -1.83. The maximum absolute atomic E-state index is 4.35. The van der Waals surface area contributed by atoms with Crippen molar-refractivity contribution < 1.29 is 0 Å². The minimum atomic E-state index is 0.823. The SMILES string of the molecule is CSc1ccc2cccnc2n1. The third-order valence-corrected chi connectivity index (χ3v) is 2.29. The Balaban J connectivity index is 2.67. The van der Waals surface area contributed by atoms with E-state index in [1.165, 1.54) is 0 Å². The van der Waals surface area contributed by atoms with Crippen molar-refractivity contribution in [2.75, 3.05) is 6.26 Å². The molecule has 12 heavy (non-hydrogen) atoms. The normalized spacial score (nSPS) is 10.4. The molecule has 0 fully saturated rings. The van der Waals surface area contributed by atoms with Gasteiger partial charge in [-0.3, -0.25) is 0 Å². The van der Waals surface area contributed by atoms with E-state index in [-0.39, 0.29) is 0 Å². The summed E-state index contributed by atoms with van der Waals surface area (Å²) >= 11 is 1.63. The maximum atomic E-state index is 4.35. The Kier molecular flexibility index (Phi) is 1.96. The summed E-state index contributed by atoms with van der Waals surface area (Å²) in [4.78, 5) is 8.51. The Morgan fingerprint density at radius 1 is 1.25 bits per heavy atom. The highest BCUT2D eigenvalue weighted by Gasteiger charge is 1.95. The Hall–Kier alpha value is -1.09. The van der Waals surface area contributed by atoms with Crippen molar-refractivity contribution in [1.82, 2.24) is 9.97 Å². The molecule has 0 spiro atoms. The highest BCUT2D eigenvalue weighted by molar-refractivity contribution is 7.98. The van der Waals surface area contributed by atoms with Gasteiger partial charge < -0.3 is 0 Å². The second-order valence-electron chi connectivity index (χ2n) is 2.40. The molecule has 0 atom stereocenters. The summed E-state index contributed by atoms with van der Waals surface area (Å²) < 4.78 is 0. The smallest absolute Gasteiger partial charge is 0.160 e. The van der Waals surface area contributed by atoms with Crippen molar-refractivity contribution in [3.8, 4) is 0 Å². The van der Waals surface area contributed by atoms with Crippen LogP contribution in [0.4, 0.5) is 0 Å². The number of fused-ring (bicyclic) bond motifs is 1. The van der Waals surface area contributed by atoms with Gasteiger partial charge in [-0.2, -0.15) is 0 Å². The molecule has 0 aromatic carbocycles. The summed E-state index contributed by atoms with van der Waals surface area (Å²) in [6.07, 6.45) is 3.77. The van der Waals surface area contributed by atoms with Crippen LogP contribution in [0, 0.1) is 0 Å². The molecule has 2 rings (SSSR count). The molecular weight excluding hydrogens is 168 g/mol. The summed E-state index contributed by atoms with van der Waals surface area (Å²) in [5, 5.41) is 2.11. The molecule has 2 nitrogen and oxygen atoms in total. The highest BCUT2D eigenvalue weighted by Crippen LogP contribution is 2.15. The van der Waals surface area contributed by atoms with E-state index in [9.17, 15) is 0 Å². The van der Waals surface area contributed by atoms with Crippen LogP contribution in [-0.4, -0.2) is 16.2 Å². The largest absolute Gasteiger partial charge is 0.237 e. The standard InChI is InChI=1S/C9H8N2S/c1-12-8-5-4-7-3-2-6-10-9(7)11-8/h2-6H,1H3. The molecule has 0 unspecified atom stereocenters. The van der Waals surface area contributed by atoms with Crippen LogP contribution in [-0.2, 0) is 0 Å². The molecule has 3 heteroatoms. The van der Waals surface area contributed by atoms with Crippen LogP contribution in [0.25, 0.3) is 11.0 Å². The van der Waals surface area contributed by atoms with E-state index in [1.807, 2.05) is 30.5 Å². The van der Waals surface area contributed by atoms with Crippen molar-refractivity contribution in [3.63, 3.8) is 0 Å². The Morgan fingerprint density at radius 2 is 2.17 bits per heavy atom. The van der Waals surface area contributed by atoms with Gasteiger partial charge in [0.15, 0.2) is 5.65 Å². The fraction of sp³-hybridized carbons (Fsp3) is 0.111. The van der Waals surface area contributed by atoms with Gasteiger partial charge in [0.1, 0.15) is 0 Å². The fourth-order valence-corrected chi connectivity index (χ4v) is 1.43. The third kappa shape index (κ3) is 1.28. The number of hydrogen-bond donors (Lipinski definition) is 0. The van der Waals surface area contributed by atoms with Crippen LogP contribution in [0.5, 0.6) is 0 Å². The molecule has 2 heterocycles. The molecule has 60 valence electrons. The van der Waals surface area contributed by atoms with Crippen LogP contribution >= 0.6 is 11.8 Å². The molecule has 0 saturated heterocycles. The van der Waals surface area contributed by atoms with Crippen molar-refractivity contribution in [2.45, 2.75) is 5.03 Å². The number of rotatable bonds is 1. The molecule has 0 radical (unpaired) electrons. The first-order chi connectivity index (χ1) is 5.90. The molecule has 0 bridgehead atoms. The molecular formula is C9H8N2S. The molecule has 0 aliphatic carbocycles. The maximum Gasteiger partial charge on any atom is 0.160 e. The quantitative estimate of drug-likeness (QED) is 0.624. The van der Waals surface area contributed by atoms with E-state index in [4.69, 9.17) is 0 Å². The summed E-state index contributed by atoms with van der Waals surface area (Å²) in [5.41, 5.74) is 0.823. The number of pyridine rings is 2. The molecule has 0 amide bonds. The van der Waals surface area contributed by atoms with Crippen LogP contribution in [0.15, 0.2) is 35.5 Å². The molecule has 0 N–H and O–H groups in total. The number of thioether (sulfide) groups is 1. The number of aromatic nitrogens is 2. The summed E-state index contributed by atoms with van der Waals surface area (Å²) in [6, 6.07) is 7.98. The molecule has 0 aliphatic rings. The average Bonchev–Trinajstić information content (AvgIpc) is 2.17. The van der Waals surface area contributed by atoms with Crippen LogP contribution in [0.1, 0.15) is 0 Å². The van der Waals surface area contributed by atoms with Crippen molar-refractivity contribution in [2.24, 2.45) is 0 Å². The molecule has 2 aromatic heterocycles. The van der Waals surface area contributed by atoms with Crippen LogP contribution < -0.4 is 0 Å². The van der Waals surface area contributed by atoms with Gasteiger partial charge >= 0.3 is 0 Å². The van der Waals surface area contributed by atoms with Gasteiger partial charge in [0.25, 0.3) is 0 Å². The number of nitrogens with zero attached hydrogens (tertiary/aromatic N) is 2. The van der Waals surface area contributed by atoms with E-state index in [2.05, 4.69) is 9.97 Å². The van der Waals surface area contributed by atoms with E-state index < -0.39 is 0 Å². The zero-order chi connectivity index (χ0) is 8.39. The number of hydrogen-bond acceptors (Lipinski definition) is 3. The minimum Gasteiger partial charge on any atom is -0.237 e. The predicted octanol–water partition coefficient (Wildman–Crippen LogP) is 2.35. The zero-order valence-electron chi connectivity index (χ0n) is 6.69. The van der Waals surface area contributed by atoms with Gasteiger partial charge in [0, 0.05) is 11.6 Å². The Labute approximate surface area is 75.0 Å². The first-order valence-corrected chi connectivity index (χ1v) is 4.88. The second-order valence-corrected chi connectivity index (χ2v) is 3.23. The van der Waals surface area contributed by atoms with Gasteiger partial charge in [0.05, 0.1) is 5.03 Å². The van der Waals surface area contributed by atoms with Gasteiger partial charge in [-0.15, -0.1) is 11.8 Å². The summed E-state index contributed by atoms with van der Waals surface area (Å²) in [5.74, 6) is 0. The first-order valence-electron chi connectivity index (χ1n) is 3.66. The zero-order valence-corrected chi connectivity index (χ0v) is 7.51. The first kappa shape index (κ1) is 7.55. The van der Waals surface area contributed by atoms with E-state index >= 15 is 0 Å². The topological polar surface area (TPSA) is 25.8 Å². The highest BCUT2D eigenvalue weighted by atomic mass is 32.2. The lowest BCUT2D eigenvalue weighted by molar-refractivity contribution is 1.15. The van der Waals surface area contributed by atoms with Gasteiger partial charge in [-0.05, 0) is 30.5 Å². The lowest BCUT2D eigenvalue weighted by Gasteiger charge is -1.97. The minimum absolute atomic E-state index is 0.823. The average molecular weight is 176 g/mol. The van der Waals surface area contributed by atoms with Crippen LogP contribution in [0.3, 0.4) is 0 Å². The monoisotopic (exact) mass is 176 g/mol. The predicted molar refractivity (Wildman–Crippen MR) is 51.3 cm³/mol. The fourth-order valence-electron chi connectivity index (χ4n) is 1.05. The van der Waals surface area contributed by atoms with Crippen LogP contribution in [0.2, 0.25) is 0 Å². The Bertz CT molecular complexity index is 400. The summed E-state index contributed by atoms with van der Waals surface area (Å²) in [6.45, 7) is 0. The van der Waals surface area contributed by atoms with Crippen molar-refractivity contribution >= 4 is 22.8 Å². The Morgan fingerprint density at radius 3 is 3.00 bits per heavy atom. The van der Waals surface area contributed by atoms with Gasteiger partial charge in [-0.25, -0.2) is 9.97 Å². The van der Waals surface area contributed by atoms with Crippen molar-refractivity contribution in [1.29, 1.82) is 0 Å². The van der Waals surface area contributed by atoms with E-state index in [0.29, 0.717) is 0 Å². The van der Waals surface area contributed by atoms with Gasteiger partial charge in [-0.1, -0.05) is 0 Å². The molecule has 0 saturated carbocycles. The van der Waals surface area contributed by atoms with E-state index in [1.54, 1.807) is 18.0 Å². The van der Waals surface area contributed by atoms with E-state index in [0.717, 1.165) is 16.1 Å².